The Morgan fingerprint density at radius 3 is 2.78 bits per heavy atom. The summed E-state index contributed by atoms with van der Waals surface area (Å²) in [5, 5.41) is 9.74. The van der Waals surface area contributed by atoms with Gasteiger partial charge in [-0.2, -0.15) is 5.10 Å². The average Bonchev–Trinajstić information content (AvgIpc) is 3.08. The van der Waals surface area contributed by atoms with Crippen LogP contribution in [0.5, 0.6) is 5.75 Å². The van der Waals surface area contributed by atoms with Crippen molar-refractivity contribution in [2.45, 2.75) is 13.5 Å². The van der Waals surface area contributed by atoms with Gasteiger partial charge in [0, 0.05) is 10.6 Å². The van der Waals surface area contributed by atoms with Gasteiger partial charge in [-0.1, -0.05) is 47.1 Å². The highest BCUT2D eigenvalue weighted by Crippen LogP contribution is 2.29. The molecule has 0 spiro atoms. The quantitative estimate of drug-likeness (QED) is 0.533. The van der Waals surface area contributed by atoms with Crippen LogP contribution in [0.2, 0.25) is 5.02 Å². The molecule has 2 heterocycles. The SMILES string of the molecule is COc1cccc(-c2nn(Cc3ccccc3Cl)c(=O)c3noc(C)c23)c1. The van der Waals surface area contributed by atoms with E-state index < -0.39 is 0 Å². The summed E-state index contributed by atoms with van der Waals surface area (Å²) in [5.41, 5.74) is 2.12. The molecule has 0 radical (unpaired) electrons. The van der Waals surface area contributed by atoms with Gasteiger partial charge in [0.15, 0.2) is 5.52 Å². The molecule has 0 bridgehead atoms. The third-order valence-corrected chi connectivity index (χ3v) is 4.75. The maximum atomic E-state index is 12.9. The molecule has 0 N–H and O–H groups in total. The summed E-state index contributed by atoms with van der Waals surface area (Å²) >= 11 is 6.25. The summed E-state index contributed by atoms with van der Waals surface area (Å²) in [5.74, 6) is 1.23. The lowest BCUT2D eigenvalue weighted by Gasteiger charge is -2.10. The molecule has 0 aliphatic rings. The fourth-order valence-electron chi connectivity index (χ4n) is 3.00. The van der Waals surface area contributed by atoms with Gasteiger partial charge in [0.1, 0.15) is 17.2 Å². The highest BCUT2D eigenvalue weighted by Gasteiger charge is 2.19. The normalized spacial score (nSPS) is 11.1. The van der Waals surface area contributed by atoms with Crippen molar-refractivity contribution < 1.29 is 9.26 Å². The molecule has 27 heavy (non-hydrogen) atoms. The minimum Gasteiger partial charge on any atom is -0.497 e. The molecule has 0 atom stereocenters. The van der Waals surface area contributed by atoms with Crippen molar-refractivity contribution in [3.05, 3.63) is 75.2 Å². The number of aryl methyl sites for hydroxylation is 1. The van der Waals surface area contributed by atoms with Crippen LogP contribution in [0.3, 0.4) is 0 Å². The highest BCUT2D eigenvalue weighted by molar-refractivity contribution is 6.31. The van der Waals surface area contributed by atoms with E-state index >= 15 is 0 Å². The molecule has 136 valence electrons. The Kier molecular flexibility index (Phi) is 4.41. The van der Waals surface area contributed by atoms with Crippen LogP contribution >= 0.6 is 11.6 Å². The Labute approximate surface area is 159 Å². The van der Waals surface area contributed by atoms with Crippen molar-refractivity contribution >= 4 is 22.5 Å². The molecule has 2 aromatic heterocycles. The zero-order valence-corrected chi connectivity index (χ0v) is 15.5. The minimum atomic E-state index is -0.326. The fourth-order valence-corrected chi connectivity index (χ4v) is 3.20. The second-order valence-electron chi connectivity index (χ2n) is 6.10. The van der Waals surface area contributed by atoms with Crippen molar-refractivity contribution in [3.63, 3.8) is 0 Å². The highest BCUT2D eigenvalue weighted by atomic mass is 35.5. The van der Waals surface area contributed by atoms with Gasteiger partial charge in [-0.15, -0.1) is 0 Å². The Morgan fingerprint density at radius 1 is 1.19 bits per heavy atom. The molecular weight excluding hydrogens is 366 g/mol. The Morgan fingerprint density at radius 2 is 2.00 bits per heavy atom. The van der Waals surface area contributed by atoms with Crippen molar-refractivity contribution in [1.29, 1.82) is 0 Å². The van der Waals surface area contributed by atoms with Crippen molar-refractivity contribution in [1.82, 2.24) is 14.9 Å². The summed E-state index contributed by atoms with van der Waals surface area (Å²) in [6.07, 6.45) is 0. The monoisotopic (exact) mass is 381 g/mol. The van der Waals surface area contributed by atoms with E-state index in [0.29, 0.717) is 27.6 Å². The van der Waals surface area contributed by atoms with Crippen molar-refractivity contribution in [2.75, 3.05) is 7.11 Å². The van der Waals surface area contributed by atoms with Crippen LogP contribution in [0.25, 0.3) is 22.2 Å². The van der Waals surface area contributed by atoms with Crippen LogP contribution in [0.1, 0.15) is 11.3 Å². The lowest BCUT2D eigenvalue weighted by atomic mass is 10.1. The second-order valence-corrected chi connectivity index (χ2v) is 6.50. The Bertz CT molecular complexity index is 1200. The number of aromatic nitrogens is 3. The predicted molar refractivity (Wildman–Crippen MR) is 103 cm³/mol. The largest absolute Gasteiger partial charge is 0.497 e. The van der Waals surface area contributed by atoms with Crippen LogP contribution in [-0.2, 0) is 6.54 Å². The van der Waals surface area contributed by atoms with Crippen molar-refractivity contribution in [2.24, 2.45) is 0 Å². The van der Waals surface area contributed by atoms with Gasteiger partial charge >= 0.3 is 0 Å². The lowest BCUT2D eigenvalue weighted by molar-refractivity contribution is 0.405. The van der Waals surface area contributed by atoms with Gasteiger partial charge in [-0.05, 0) is 30.7 Å². The molecule has 2 aromatic carbocycles. The molecule has 7 heteroatoms. The molecule has 6 nitrogen and oxygen atoms in total. The van der Waals surface area contributed by atoms with Gasteiger partial charge in [0.2, 0.25) is 0 Å². The first-order chi connectivity index (χ1) is 13.1. The molecule has 0 amide bonds. The van der Waals surface area contributed by atoms with Crippen LogP contribution < -0.4 is 10.3 Å². The summed E-state index contributed by atoms with van der Waals surface area (Å²) in [4.78, 5) is 12.9. The van der Waals surface area contributed by atoms with E-state index in [1.165, 1.54) is 4.68 Å². The number of halogens is 1. The van der Waals surface area contributed by atoms with Crippen LogP contribution in [0.4, 0.5) is 0 Å². The molecule has 0 saturated carbocycles. The maximum Gasteiger partial charge on any atom is 0.297 e. The molecule has 0 aliphatic carbocycles. The molecule has 0 unspecified atom stereocenters. The van der Waals surface area contributed by atoms with Gasteiger partial charge in [0.25, 0.3) is 5.56 Å². The van der Waals surface area contributed by atoms with E-state index in [9.17, 15) is 4.79 Å². The molecular formula is C20H16ClN3O3. The molecule has 4 rings (SSSR count). The molecule has 0 fully saturated rings. The summed E-state index contributed by atoms with van der Waals surface area (Å²) in [7, 11) is 1.60. The van der Waals surface area contributed by atoms with Gasteiger partial charge in [-0.25, -0.2) is 4.68 Å². The third-order valence-electron chi connectivity index (χ3n) is 4.38. The number of nitrogens with zero attached hydrogens (tertiary/aromatic N) is 3. The number of hydrogen-bond donors (Lipinski definition) is 0. The number of methoxy groups -OCH3 is 1. The number of rotatable bonds is 4. The van der Waals surface area contributed by atoms with E-state index in [1.807, 2.05) is 42.5 Å². The second kappa shape index (κ2) is 6.89. The topological polar surface area (TPSA) is 70.2 Å². The maximum absolute atomic E-state index is 12.9. The average molecular weight is 382 g/mol. The van der Waals surface area contributed by atoms with Crippen LogP contribution in [0, 0.1) is 6.92 Å². The van der Waals surface area contributed by atoms with E-state index in [-0.39, 0.29) is 17.6 Å². The first-order valence-corrected chi connectivity index (χ1v) is 8.71. The lowest BCUT2D eigenvalue weighted by Crippen LogP contribution is -2.24. The first-order valence-electron chi connectivity index (χ1n) is 8.33. The van der Waals surface area contributed by atoms with Gasteiger partial charge in [0.05, 0.1) is 19.0 Å². The van der Waals surface area contributed by atoms with Crippen LogP contribution in [0.15, 0.2) is 57.8 Å². The predicted octanol–water partition coefficient (Wildman–Crippen LogP) is 4.07. The summed E-state index contributed by atoms with van der Waals surface area (Å²) in [6.45, 7) is 2.00. The number of ether oxygens (including phenoxy) is 1. The van der Waals surface area contributed by atoms with Crippen LogP contribution in [-0.4, -0.2) is 22.0 Å². The van der Waals surface area contributed by atoms with E-state index in [0.717, 1.165) is 11.1 Å². The van der Waals surface area contributed by atoms with Gasteiger partial charge < -0.3 is 9.26 Å². The third kappa shape index (κ3) is 3.08. The number of benzene rings is 2. The minimum absolute atomic E-state index is 0.233. The van der Waals surface area contributed by atoms with E-state index in [2.05, 4.69) is 10.3 Å². The standard InChI is InChI=1S/C20H16ClN3O3/c1-12-17-18(13-7-5-8-15(10-13)26-2)22-24(20(25)19(17)23-27-12)11-14-6-3-4-9-16(14)21/h3-10H,11H2,1-2H3. The Hall–Kier alpha value is -3.12. The molecule has 0 saturated heterocycles. The summed E-state index contributed by atoms with van der Waals surface area (Å²) < 4.78 is 12.0. The summed E-state index contributed by atoms with van der Waals surface area (Å²) in [6, 6.07) is 14.8. The van der Waals surface area contributed by atoms with E-state index in [4.69, 9.17) is 20.9 Å². The van der Waals surface area contributed by atoms with E-state index in [1.54, 1.807) is 20.1 Å². The van der Waals surface area contributed by atoms with Crippen molar-refractivity contribution in [3.8, 4) is 17.0 Å². The Balaban J connectivity index is 1.95. The molecule has 0 aliphatic heterocycles. The number of hydrogen-bond acceptors (Lipinski definition) is 5. The number of fused-ring (bicyclic) bond motifs is 1. The zero-order chi connectivity index (χ0) is 19.0. The fraction of sp³-hybridized carbons (Fsp3) is 0.150. The molecule has 4 aromatic rings. The zero-order valence-electron chi connectivity index (χ0n) is 14.8. The smallest absolute Gasteiger partial charge is 0.297 e. The first kappa shape index (κ1) is 17.3. The van der Waals surface area contributed by atoms with Gasteiger partial charge in [-0.3, -0.25) is 4.79 Å².